The second kappa shape index (κ2) is 7.36. The average molecular weight is 278 g/mol. The first-order chi connectivity index (χ1) is 8.95. The number of hydrogen-bond acceptors (Lipinski definition) is 1. The van der Waals surface area contributed by atoms with Crippen molar-refractivity contribution < 1.29 is 22.3 Å². The van der Waals surface area contributed by atoms with Gasteiger partial charge in [0.15, 0.2) is 0 Å². The van der Waals surface area contributed by atoms with E-state index < -0.39 is 12.5 Å². The van der Waals surface area contributed by atoms with Crippen LogP contribution in [0, 0.1) is 0 Å². The Morgan fingerprint density at radius 1 is 1.16 bits per heavy atom. The van der Waals surface area contributed by atoms with Gasteiger partial charge in [-0.05, 0) is 30.5 Å². The minimum atomic E-state index is -4.44. The van der Waals surface area contributed by atoms with Gasteiger partial charge in [0, 0.05) is 0 Å². The van der Waals surface area contributed by atoms with Crippen LogP contribution in [0.2, 0.25) is 0 Å². The highest BCUT2D eigenvalue weighted by atomic mass is 19.3. The van der Waals surface area contributed by atoms with Crippen LogP contribution < -0.4 is 4.74 Å². The van der Waals surface area contributed by atoms with Crippen molar-refractivity contribution in [3.63, 3.8) is 0 Å². The molecule has 0 aromatic heterocycles. The predicted octanol–water partition coefficient (Wildman–Crippen LogP) is 5.05. The minimum Gasteiger partial charge on any atom is -0.428 e. The van der Waals surface area contributed by atoms with Gasteiger partial charge in [-0.25, -0.2) is 0 Å². The van der Waals surface area contributed by atoms with Crippen molar-refractivity contribution >= 4 is 0 Å². The number of aryl methyl sites for hydroxylation is 1. The number of hydrogen-bond donors (Lipinski definition) is 0. The van der Waals surface area contributed by atoms with E-state index in [2.05, 4.69) is 11.7 Å². The summed E-state index contributed by atoms with van der Waals surface area (Å²) in [6, 6.07) is 5.96. The van der Waals surface area contributed by atoms with Crippen LogP contribution in [0.25, 0.3) is 0 Å². The maximum absolute atomic E-state index is 12.7. The maximum Gasteiger partial charge on any atom is 0.461 e. The van der Waals surface area contributed by atoms with Gasteiger partial charge in [0.05, 0.1) is 0 Å². The van der Waals surface area contributed by atoms with Gasteiger partial charge >= 0.3 is 12.5 Å². The summed E-state index contributed by atoms with van der Waals surface area (Å²) in [4.78, 5) is 0. The Morgan fingerprint density at radius 3 is 2.53 bits per heavy atom. The topological polar surface area (TPSA) is 9.23 Å². The van der Waals surface area contributed by atoms with E-state index in [0.29, 0.717) is 0 Å². The van der Waals surface area contributed by atoms with Crippen molar-refractivity contribution in [2.24, 2.45) is 0 Å². The smallest absolute Gasteiger partial charge is 0.428 e. The largest absolute Gasteiger partial charge is 0.461 e. The third kappa shape index (κ3) is 5.49. The molecule has 1 aromatic rings. The zero-order chi connectivity index (χ0) is 14.3. The van der Waals surface area contributed by atoms with Gasteiger partial charge in [-0.15, -0.1) is 0 Å². The molecule has 0 saturated heterocycles. The van der Waals surface area contributed by atoms with Crippen molar-refractivity contribution in [3.05, 3.63) is 29.8 Å². The molecule has 0 aliphatic rings. The van der Waals surface area contributed by atoms with Crippen LogP contribution in [-0.4, -0.2) is 12.5 Å². The monoisotopic (exact) mass is 278 g/mol. The summed E-state index contributed by atoms with van der Waals surface area (Å²) in [7, 11) is 0. The molecule has 0 bridgehead atoms. The zero-order valence-corrected chi connectivity index (χ0v) is 10.8. The van der Waals surface area contributed by atoms with E-state index in [1.165, 1.54) is 18.2 Å². The fourth-order valence-electron chi connectivity index (χ4n) is 1.72. The summed E-state index contributed by atoms with van der Waals surface area (Å²) < 4.78 is 53.6. The van der Waals surface area contributed by atoms with Gasteiger partial charge in [-0.2, -0.15) is 17.6 Å². The molecule has 0 atom stereocenters. The second-order valence-corrected chi connectivity index (χ2v) is 4.42. The van der Waals surface area contributed by atoms with E-state index in [4.69, 9.17) is 0 Å². The van der Waals surface area contributed by atoms with Crippen molar-refractivity contribution in [3.8, 4) is 5.75 Å². The molecule has 0 N–H and O–H groups in total. The van der Waals surface area contributed by atoms with Crippen LogP contribution in [0.15, 0.2) is 24.3 Å². The van der Waals surface area contributed by atoms with E-state index >= 15 is 0 Å². The van der Waals surface area contributed by atoms with Crippen molar-refractivity contribution in [2.45, 2.75) is 51.6 Å². The van der Waals surface area contributed by atoms with Gasteiger partial charge in [0.1, 0.15) is 5.75 Å². The molecule has 0 fully saturated rings. The van der Waals surface area contributed by atoms with Crippen molar-refractivity contribution in [2.75, 3.05) is 0 Å². The molecule has 5 heteroatoms. The Bertz CT molecular complexity index is 379. The first-order valence-electron chi connectivity index (χ1n) is 6.39. The molecule has 0 amide bonds. The van der Waals surface area contributed by atoms with Crippen LogP contribution in [0.1, 0.15) is 38.2 Å². The fourth-order valence-corrected chi connectivity index (χ4v) is 1.72. The molecule has 0 radical (unpaired) electrons. The lowest BCUT2D eigenvalue weighted by molar-refractivity contribution is -0.253. The number of halogens is 4. The second-order valence-electron chi connectivity index (χ2n) is 4.42. The summed E-state index contributed by atoms with van der Waals surface area (Å²) in [5, 5.41) is 0. The lowest BCUT2D eigenvalue weighted by Gasteiger charge is -2.17. The molecule has 0 unspecified atom stereocenters. The van der Waals surface area contributed by atoms with Crippen LogP contribution in [0.3, 0.4) is 0 Å². The lowest BCUT2D eigenvalue weighted by atomic mass is 10.1. The minimum absolute atomic E-state index is 0.224. The van der Waals surface area contributed by atoms with Gasteiger partial charge in [-0.1, -0.05) is 38.3 Å². The highest BCUT2D eigenvalue weighted by Crippen LogP contribution is 2.28. The van der Waals surface area contributed by atoms with E-state index in [1.54, 1.807) is 6.07 Å². The number of rotatable bonds is 8. The summed E-state index contributed by atoms with van der Waals surface area (Å²) in [6.45, 7) is 2.10. The van der Waals surface area contributed by atoms with Crippen molar-refractivity contribution in [1.29, 1.82) is 0 Å². The first kappa shape index (κ1) is 15.8. The molecule has 1 aromatic carbocycles. The zero-order valence-electron chi connectivity index (χ0n) is 10.8. The van der Waals surface area contributed by atoms with Gasteiger partial charge in [0.2, 0.25) is 0 Å². The van der Waals surface area contributed by atoms with Gasteiger partial charge in [-0.3, -0.25) is 0 Å². The summed E-state index contributed by atoms with van der Waals surface area (Å²) in [5.74, 6) is -0.224. The Hall–Kier alpha value is -1.26. The number of alkyl halides is 4. The lowest BCUT2D eigenvalue weighted by Crippen LogP contribution is -2.33. The Labute approximate surface area is 110 Å². The Morgan fingerprint density at radius 2 is 1.89 bits per heavy atom. The predicted molar refractivity (Wildman–Crippen MR) is 65.9 cm³/mol. The standard InChI is InChI=1S/C14H18F4O/c1-2-3-4-5-7-11-8-6-9-12(10-11)19-14(17,18)13(15)16/h6,8-10,13H,2-5,7H2,1H3. The quantitative estimate of drug-likeness (QED) is 0.478. The van der Waals surface area contributed by atoms with Crippen LogP contribution in [0.5, 0.6) is 5.75 Å². The highest BCUT2D eigenvalue weighted by molar-refractivity contribution is 5.28. The molecule has 0 saturated carbocycles. The van der Waals surface area contributed by atoms with E-state index in [1.807, 2.05) is 0 Å². The average Bonchev–Trinajstić information content (AvgIpc) is 2.34. The number of benzene rings is 1. The van der Waals surface area contributed by atoms with Crippen LogP contribution in [0.4, 0.5) is 17.6 Å². The van der Waals surface area contributed by atoms with E-state index in [9.17, 15) is 17.6 Å². The molecule has 1 nitrogen and oxygen atoms in total. The maximum atomic E-state index is 12.7. The SMILES string of the molecule is CCCCCCc1cccc(OC(F)(F)C(F)F)c1. The molecular formula is C14H18F4O. The molecule has 0 spiro atoms. The molecule has 1 rings (SSSR count). The summed E-state index contributed by atoms with van der Waals surface area (Å²) >= 11 is 0. The number of unbranched alkanes of at least 4 members (excludes halogenated alkanes) is 3. The van der Waals surface area contributed by atoms with E-state index in [0.717, 1.165) is 37.7 Å². The van der Waals surface area contributed by atoms with Gasteiger partial charge < -0.3 is 4.74 Å². The molecule has 0 heterocycles. The molecule has 0 aliphatic heterocycles. The third-order valence-electron chi connectivity index (χ3n) is 2.73. The molecule has 108 valence electrons. The van der Waals surface area contributed by atoms with Crippen LogP contribution in [-0.2, 0) is 6.42 Å². The van der Waals surface area contributed by atoms with E-state index in [-0.39, 0.29) is 5.75 Å². The van der Waals surface area contributed by atoms with Crippen molar-refractivity contribution in [1.82, 2.24) is 0 Å². The highest BCUT2D eigenvalue weighted by Gasteiger charge is 2.43. The van der Waals surface area contributed by atoms with Gasteiger partial charge in [0.25, 0.3) is 0 Å². The first-order valence-corrected chi connectivity index (χ1v) is 6.39. The normalized spacial score (nSPS) is 11.9. The molecule has 0 aliphatic carbocycles. The Kier molecular flexibility index (Phi) is 6.12. The molecular weight excluding hydrogens is 260 g/mol. The fraction of sp³-hybridized carbons (Fsp3) is 0.571. The summed E-state index contributed by atoms with van der Waals surface area (Å²) in [6.07, 6.45) is -3.29. The Balaban J connectivity index is 2.57. The van der Waals surface area contributed by atoms with Crippen LogP contribution >= 0.6 is 0 Å². The number of ether oxygens (including phenoxy) is 1. The molecule has 19 heavy (non-hydrogen) atoms. The summed E-state index contributed by atoms with van der Waals surface area (Å²) in [5.41, 5.74) is 0.818. The third-order valence-corrected chi connectivity index (χ3v) is 2.73.